The molecular weight excluding hydrogens is 260 g/mol. The number of benzene rings is 1. The van der Waals surface area contributed by atoms with Crippen molar-refractivity contribution in [2.24, 2.45) is 0 Å². The van der Waals surface area contributed by atoms with Crippen molar-refractivity contribution < 1.29 is 4.74 Å². The number of hydrogen-bond donors (Lipinski definition) is 1. The van der Waals surface area contributed by atoms with E-state index >= 15 is 0 Å². The largest absolute Gasteiger partial charge is 0.486 e. The lowest BCUT2D eigenvalue weighted by molar-refractivity contribution is -0.00586. The highest BCUT2D eigenvalue weighted by atomic mass is 16.5. The van der Waals surface area contributed by atoms with E-state index in [1.807, 2.05) is 0 Å². The van der Waals surface area contributed by atoms with Crippen molar-refractivity contribution >= 4 is 5.69 Å². The van der Waals surface area contributed by atoms with Crippen molar-refractivity contribution in [2.45, 2.75) is 58.1 Å². The summed E-state index contributed by atoms with van der Waals surface area (Å²) < 4.78 is 6.54. The van der Waals surface area contributed by atoms with Gasteiger partial charge < -0.3 is 10.1 Å². The molecule has 116 valence electrons. The van der Waals surface area contributed by atoms with Gasteiger partial charge in [-0.05, 0) is 65.1 Å². The maximum Gasteiger partial charge on any atom is 0.125 e. The van der Waals surface area contributed by atoms with Gasteiger partial charge in [-0.1, -0.05) is 6.07 Å². The zero-order chi connectivity index (χ0) is 14.9. The Balaban J connectivity index is 1.79. The van der Waals surface area contributed by atoms with Crippen LogP contribution in [0.2, 0.25) is 0 Å². The Kier molecular flexibility index (Phi) is 4.12. The van der Waals surface area contributed by atoms with Gasteiger partial charge in [-0.2, -0.15) is 0 Å². The molecule has 3 rings (SSSR count). The van der Waals surface area contributed by atoms with Gasteiger partial charge in [-0.25, -0.2) is 0 Å². The molecule has 1 aromatic carbocycles. The summed E-state index contributed by atoms with van der Waals surface area (Å²) in [5, 5.41) is 3.49. The Morgan fingerprint density at radius 2 is 2.14 bits per heavy atom. The zero-order valence-electron chi connectivity index (χ0n) is 13.6. The molecule has 21 heavy (non-hydrogen) atoms. The first-order chi connectivity index (χ1) is 10.1. The van der Waals surface area contributed by atoms with Crippen LogP contribution in [0.25, 0.3) is 0 Å². The van der Waals surface area contributed by atoms with Crippen molar-refractivity contribution in [3.63, 3.8) is 0 Å². The number of anilines is 1. The number of ether oxygens (including phenoxy) is 1. The molecule has 2 heterocycles. The normalized spacial score (nSPS) is 26.3. The molecule has 2 aliphatic rings. The molecule has 1 N–H and O–H groups in total. The second kappa shape index (κ2) is 5.88. The highest BCUT2D eigenvalue weighted by molar-refractivity contribution is 5.59. The van der Waals surface area contributed by atoms with E-state index < -0.39 is 0 Å². The third-order valence-electron chi connectivity index (χ3n) is 4.83. The summed E-state index contributed by atoms with van der Waals surface area (Å²) >= 11 is 0. The van der Waals surface area contributed by atoms with Gasteiger partial charge >= 0.3 is 0 Å². The lowest BCUT2D eigenvalue weighted by Crippen LogP contribution is -2.52. The van der Waals surface area contributed by atoms with Gasteiger partial charge in [0.15, 0.2) is 0 Å². The zero-order valence-corrected chi connectivity index (χ0v) is 13.6. The third-order valence-corrected chi connectivity index (χ3v) is 4.83. The number of fused-ring (bicyclic) bond motifs is 1. The molecule has 0 aliphatic carbocycles. The number of likely N-dealkylation sites (tertiary alicyclic amines) is 1. The first kappa shape index (κ1) is 14.7. The van der Waals surface area contributed by atoms with Crippen LogP contribution in [0.3, 0.4) is 0 Å². The molecule has 0 saturated carbocycles. The standard InChI is InChI=1S/C18H28N2O/c1-14(2)20-12-6-10-18(3,13-20)21-17-9-4-8-16-15(17)7-5-11-19-16/h4,8-9,14,19H,5-7,10-13H2,1-3H3. The summed E-state index contributed by atoms with van der Waals surface area (Å²) in [6.45, 7) is 10.1. The summed E-state index contributed by atoms with van der Waals surface area (Å²) in [4.78, 5) is 2.54. The fraction of sp³-hybridized carbons (Fsp3) is 0.667. The second-order valence-corrected chi connectivity index (χ2v) is 7.03. The van der Waals surface area contributed by atoms with E-state index in [2.05, 4.69) is 49.2 Å². The average Bonchev–Trinajstić information content (AvgIpc) is 2.47. The minimum Gasteiger partial charge on any atom is -0.486 e. The van der Waals surface area contributed by atoms with E-state index in [0.29, 0.717) is 6.04 Å². The van der Waals surface area contributed by atoms with Crippen LogP contribution in [0.5, 0.6) is 5.75 Å². The summed E-state index contributed by atoms with van der Waals surface area (Å²) in [7, 11) is 0. The van der Waals surface area contributed by atoms with Crippen LogP contribution in [-0.4, -0.2) is 36.2 Å². The highest BCUT2D eigenvalue weighted by Gasteiger charge is 2.34. The van der Waals surface area contributed by atoms with E-state index in [9.17, 15) is 0 Å². The van der Waals surface area contributed by atoms with Crippen LogP contribution in [0.1, 0.15) is 45.6 Å². The maximum atomic E-state index is 6.54. The summed E-state index contributed by atoms with van der Waals surface area (Å²) in [5.74, 6) is 1.09. The van der Waals surface area contributed by atoms with Gasteiger partial charge in [0.25, 0.3) is 0 Å². The lowest BCUT2D eigenvalue weighted by Gasteiger charge is -2.42. The van der Waals surface area contributed by atoms with E-state index in [1.54, 1.807) is 0 Å². The van der Waals surface area contributed by atoms with Crippen molar-refractivity contribution in [2.75, 3.05) is 25.0 Å². The van der Waals surface area contributed by atoms with Crippen molar-refractivity contribution in [3.05, 3.63) is 23.8 Å². The fourth-order valence-electron chi connectivity index (χ4n) is 3.61. The fourth-order valence-corrected chi connectivity index (χ4v) is 3.61. The predicted molar refractivity (Wildman–Crippen MR) is 88.2 cm³/mol. The quantitative estimate of drug-likeness (QED) is 0.918. The second-order valence-electron chi connectivity index (χ2n) is 7.03. The molecule has 2 aliphatic heterocycles. The molecular formula is C18H28N2O. The molecule has 1 aromatic rings. The topological polar surface area (TPSA) is 24.5 Å². The van der Waals surface area contributed by atoms with Gasteiger partial charge in [0, 0.05) is 30.4 Å². The van der Waals surface area contributed by atoms with Gasteiger partial charge in [0.05, 0.1) is 0 Å². The molecule has 1 fully saturated rings. The molecule has 0 aromatic heterocycles. The van der Waals surface area contributed by atoms with E-state index in [4.69, 9.17) is 4.74 Å². The Morgan fingerprint density at radius 3 is 2.95 bits per heavy atom. The minimum absolute atomic E-state index is 0.0604. The highest BCUT2D eigenvalue weighted by Crippen LogP contribution is 2.35. The van der Waals surface area contributed by atoms with Crippen LogP contribution in [-0.2, 0) is 6.42 Å². The van der Waals surface area contributed by atoms with Crippen LogP contribution < -0.4 is 10.1 Å². The first-order valence-electron chi connectivity index (χ1n) is 8.36. The first-order valence-corrected chi connectivity index (χ1v) is 8.36. The molecule has 1 atom stereocenters. The SMILES string of the molecule is CC(C)N1CCCC(C)(Oc2cccc3c2CCCN3)C1. The van der Waals surface area contributed by atoms with Crippen LogP contribution in [0.15, 0.2) is 18.2 Å². The van der Waals surface area contributed by atoms with Crippen LogP contribution >= 0.6 is 0 Å². The number of nitrogens with zero attached hydrogens (tertiary/aromatic N) is 1. The lowest BCUT2D eigenvalue weighted by atomic mass is 9.93. The Morgan fingerprint density at radius 1 is 1.29 bits per heavy atom. The van der Waals surface area contributed by atoms with Gasteiger partial charge in [-0.15, -0.1) is 0 Å². The monoisotopic (exact) mass is 288 g/mol. The van der Waals surface area contributed by atoms with Crippen molar-refractivity contribution in [1.29, 1.82) is 0 Å². The molecule has 0 amide bonds. The Hall–Kier alpha value is -1.22. The summed E-state index contributed by atoms with van der Waals surface area (Å²) in [6.07, 6.45) is 4.69. The summed E-state index contributed by atoms with van der Waals surface area (Å²) in [5.41, 5.74) is 2.57. The molecule has 0 spiro atoms. The summed E-state index contributed by atoms with van der Waals surface area (Å²) in [6, 6.07) is 7.02. The average molecular weight is 288 g/mol. The van der Waals surface area contributed by atoms with E-state index in [0.717, 1.165) is 31.7 Å². The molecule has 3 nitrogen and oxygen atoms in total. The molecule has 1 saturated heterocycles. The van der Waals surface area contributed by atoms with Gasteiger partial charge in [0.1, 0.15) is 11.4 Å². The molecule has 0 bridgehead atoms. The maximum absolute atomic E-state index is 6.54. The van der Waals surface area contributed by atoms with Crippen molar-refractivity contribution in [3.8, 4) is 5.75 Å². The number of hydrogen-bond acceptors (Lipinski definition) is 3. The number of rotatable bonds is 3. The third kappa shape index (κ3) is 3.18. The molecule has 1 unspecified atom stereocenters. The van der Waals surface area contributed by atoms with E-state index in [1.165, 1.54) is 30.6 Å². The number of piperidine rings is 1. The van der Waals surface area contributed by atoms with E-state index in [-0.39, 0.29) is 5.60 Å². The Labute approximate surface area is 128 Å². The smallest absolute Gasteiger partial charge is 0.125 e. The Bertz CT molecular complexity index is 500. The van der Waals surface area contributed by atoms with Gasteiger partial charge in [-0.3, -0.25) is 4.90 Å². The van der Waals surface area contributed by atoms with Crippen molar-refractivity contribution in [1.82, 2.24) is 4.90 Å². The number of nitrogens with one attached hydrogen (secondary N) is 1. The van der Waals surface area contributed by atoms with Crippen LogP contribution in [0.4, 0.5) is 5.69 Å². The minimum atomic E-state index is -0.0604. The molecule has 0 radical (unpaired) electrons. The van der Waals surface area contributed by atoms with Gasteiger partial charge in [0.2, 0.25) is 0 Å². The van der Waals surface area contributed by atoms with Crippen LogP contribution in [0, 0.1) is 0 Å². The predicted octanol–water partition coefficient (Wildman–Crippen LogP) is 3.69. The molecule has 3 heteroatoms.